The molecule has 174 valence electrons. The number of carbonyl (C=O) groups excluding carboxylic acids is 3. The first-order valence-electron chi connectivity index (χ1n) is 10.1. The maximum absolute atomic E-state index is 12.4. The zero-order valence-electron chi connectivity index (χ0n) is 18.8. The van der Waals surface area contributed by atoms with Crippen molar-refractivity contribution < 1.29 is 28.6 Å². The van der Waals surface area contributed by atoms with Crippen molar-refractivity contribution in [3.05, 3.63) is 83.4 Å². The van der Waals surface area contributed by atoms with Gasteiger partial charge < -0.3 is 19.5 Å². The number of methoxy groups -OCH3 is 2. The summed E-state index contributed by atoms with van der Waals surface area (Å²) in [5.41, 5.74) is 4.58. The number of esters is 1. The number of amides is 2. The zero-order chi connectivity index (χ0) is 24.5. The number of ether oxygens (including phenoxy) is 3. The second-order valence-electron chi connectivity index (χ2n) is 7.05. The average molecular weight is 461 g/mol. The monoisotopic (exact) mass is 461 g/mol. The van der Waals surface area contributed by atoms with E-state index in [9.17, 15) is 14.4 Å². The minimum atomic E-state index is -0.922. The van der Waals surface area contributed by atoms with E-state index in [-0.39, 0.29) is 11.5 Å². The van der Waals surface area contributed by atoms with Gasteiger partial charge in [-0.1, -0.05) is 17.7 Å². The Bertz CT molecular complexity index is 1200. The van der Waals surface area contributed by atoms with Gasteiger partial charge in [-0.15, -0.1) is 0 Å². The van der Waals surface area contributed by atoms with Gasteiger partial charge in [0.25, 0.3) is 0 Å². The smallest absolute Gasteiger partial charge is 0.343 e. The van der Waals surface area contributed by atoms with Crippen LogP contribution in [0.2, 0.25) is 0 Å². The van der Waals surface area contributed by atoms with Gasteiger partial charge in [0.15, 0.2) is 11.5 Å². The molecule has 0 saturated heterocycles. The van der Waals surface area contributed by atoms with E-state index in [1.807, 2.05) is 19.1 Å². The summed E-state index contributed by atoms with van der Waals surface area (Å²) in [5.74, 6) is -1.21. The molecule has 9 nitrogen and oxygen atoms in total. The predicted molar refractivity (Wildman–Crippen MR) is 126 cm³/mol. The minimum absolute atomic E-state index is 0.210. The first kappa shape index (κ1) is 24.0. The summed E-state index contributed by atoms with van der Waals surface area (Å²) < 4.78 is 15.8. The first-order chi connectivity index (χ1) is 16.4. The van der Waals surface area contributed by atoms with Gasteiger partial charge in [0, 0.05) is 5.69 Å². The molecule has 0 aliphatic rings. The number of aryl methyl sites for hydroxylation is 1. The highest BCUT2D eigenvalue weighted by Crippen LogP contribution is 2.28. The lowest BCUT2D eigenvalue weighted by atomic mass is 10.2. The van der Waals surface area contributed by atoms with Gasteiger partial charge in [-0.25, -0.2) is 10.2 Å². The molecule has 9 heteroatoms. The molecular formula is C25H23N3O6. The van der Waals surface area contributed by atoms with E-state index in [0.717, 1.165) is 5.56 Å². The van der Waals surface area contributed by atoms with Crippen LogP contribution < -0.4 is 25.0 Å². The summed E-state index contributed by atoms with van der Waals surface area (Å²) in [6.07, 6.45) is 1.33. The van der Waals surface area contributed by atoms with Crippen molar-refractivity contribution >= 4 is 29.7 Å². The predicted octanol–water partition coefficient (Wildman–Crippen LogP) is 3.32. The molecule has 0 aromatic heterocycles. The molecular weight excluding hydrogens is 438 g/mol. The Morgan fingerprint density at radius 1 is 0.824 bits per heavy atom. The van der Waals surface area contributed by atoms with Gasteiger partial charge in [-0.3, -0.25) is 9.59 Å². The Hall–Kier alpha value is -4.66. The highest BCUT2D eigenvalue weighted by atomic mass is 16.6. The van der Waals surface area contributed by atoms with Gasteiger partial charge in [-0.2, -0.15) is 5.10 Å². The van der Waals surface area contributed by atoms with Crippen molar-refractivity contribution in [3.8, 4) is 17.2 Å². The molecule has 2 N–H and O–H groups in total. The van der Waals surface area contributed by atoms with E-state index >= 15 is 0 Å². The Labute approximate surface area is 196 Å². The summed E-state index contributed by atoms with van der Waals surface area (Å²) in [4.78, 5) is 36.3. The van der Waals surface area contributed by atoms with Crippen LogP contribution in [-0.2, 0) is 9.59 Å². The van der Waals surface area contributed by atoms with Crippen LogP contribution in [-0.4, -0.2) is 38.2 Å². The second kappa shape index (κ2) is 11.3. The lowest BCUT2D eigenvalue weighted by Gasteiger charge is -2.10. The average Bonchev–Trinajstić information content (AvgIpc) is 2.86. The van der Waals surface area contributed by atoms with Crippen LogP contribution in [0.3, 0.4) is 0 Å². The molecule has 0 heterocycles. The van der Waals surface area contributed by atoms with E-state index in [4.69, 9.17) is 14.2 Å². The molecule has 0 spiro atoms. The van der Waals surface area contributed by atoms with Crippen LogP contribution in [0.15, 0.2) is 71.8 Å². The lowest BCUT2D eigenvalue weighted by molar-refractivity contribution is -0.136. The molecule has 0 atom stereocenters. The van der Waals surface area contributed by atoms with Crippen molar-refractivity contribution in [2.45, 2.75) is 6.92 Å². The van der Waals surface area contributed by atoms with E-state index < -0.39 is 17.8 Å². The molecule has 3 aromatic rings. The van der Waals surface area contributed by atoms with Gasteiger partial charge in [0.2, 0.25) is 0 Å². The third-order valence-corrected chi connectivity index (χ3v) is 4.61. The normalized spacial score (nSPS) is 10.4. The Morgan fingerprint density at radius 2 is 1.53 bits per heavy atom. The van der Waals surface area contributed by atoms with Gasteiger partial charge >= 0.3 is 17.8 Å². The molecule has 0 radical (unpaired) electrons. The third kappa shape index (κ3) is 6.42. The standard InChI is InChI=1S/C25H23N3O6/c1-16-4-9-19(10-5-16)27-23(29)24(30)28-26-15-17-6-13-21(22(14-17)33-3)34-25(31)18-7-11-20(32-2)12-8-18/h4-15H,1-3H3,(H,27,29)(H,28,30)/b26-15-. The molecule has 2 amide bonds. The summed E-state index contributed by atoms with van der Waals surface area (Å²) in [5, 5.41) is 6.27. The number of anilines is 1. The molecule has 3 aromatic carbocycles. The maximum atomic E-state index is 12.4. The van der Waals surface area contributed by atoms with Crippen molar-refractivity contribution in [1.82, 2.24) is 5.43 Å². The highest BCUT2D eigenvalue weighted by molar-refractivity contribution is 6.39. The van der Waals surface area contributed by atoms with Crippen LogP contribution in [0.5, 0.6) is 17.2 Å². The molecule has 34 heavy (non-hydrogen) atoms. The van der Waals surface area contributed by atoms with Gasteiger partial charge in [0.05, 0.1) is 26.0 Å². The molecule has 0 aliphatic heterocycles. The minimum Gasteiger partial charge on any atom is -0.497 e. The van der Waals surface area contributed by atoms with Crippen molar-refractivity contribution in [2.24, 2.45) is 5.10 Å². The highest BCUT2D eigenvalue weighted by Gasteiger charge is 2.14. The van der Waals surface area contributed by atoms with Gasteiger partial charge in [-0.05, 0) is 67.1 Å². The largest absolute Gasteiger partial charge is 0.497 e. The van der Waals surface area contributed by atoms with E-state index in [0.29, 0.717) is 22.6 Å². The number of nitrogens with one attached hydrogen (secondary N) is 2. The molecule has 0 aliphatic carbocycles. The molecule has 3 rings (SSSR count). The fraction of sp³-hybridized carbons (Fsp3) is 0.120. The van der Waals surface area contributed by atoms with Crippen molar-refractivity contribution in [3.63, 3.8) is 0 Å². The van der Waals surface area contributed by atoms with Gasteiger partial charge in [0.1, 0.15) is 5.75 Å². The number of benzene rings is 3. The van der Waals surface area contributed by atoms with Crippen LogP contribution in [0.1, 0.15) is 21.5 Å². The van der Waals surface area contributed by atoms with Crippen molar-refractivity contribution in [2.75, 3.05) is 19.5 Å². The number of carbonyl (C=O) groups is 3. The fourth-order valence-electron chi connectivity index (χ4n) is 2.78. The van der Waals surface area contributed by atoms with Crippen LogP contribution in [0.25, 0.3) is 0 Å². The quantitative estimate of drug-likeness (QED) is 0.183. The van der Waals surface area contributed by atoms with E-state index in [1.165, 1.54) is 26.5 Å². The summed E-state index contributed by atoms with van der Waals surface area (Å²) in [6, 6.07) is 18.2. The number of hydrazone groups is 1. The Balaban J connectivity index is 1.59. The summed E-state index contributed by atoms with van der Waals surface area (Å²) in [6.45, 7) is 1.92. The molecule has 0 fully saturated rings. The van der Waals surface area contributed by atoms with E-state index in [2.05, 4.69) is 15.8 Å². The number of hydrogen-bond donors (Lipinski definition) is 2. The number of hydrogen-bond acceptors (Lipinski definition) is 7. The third-order valence-electron chi connectivity index (χ3n) is 4.61. The van der Waals surface area contributed by atoms with Crippen LogP contribution >= 0.6 is 0 Å². The summed E-state index contributed by atoms with van der Waals surface area (Å²) >= 11 is 0. The number of rotatable bonds is 7. The lowest BCUT2D eigenvalue weighted by Crippen LogP contribution is -2.32. The maximum Gasteiger partial charge on any atom is 0.343 e. The Morgan fingerprint density at radius 3 is 2.18 bits per heavy atom. The number of nitrogens with zero attached hydrogens (tertiary/aromatic N) is 1. The van der Waals surface area contributed by atoms with E-state index in [1.54, 1.807) is 48.5 Å². The molecule has 0 bridgehead atoms. The van der Waals surface area contributed by atoms with Crippen LogP contribution in [0, 0.1) is 6.92 Å². The van der Waals surface area contributed by atoms with Crippen molar-refractivity contribution in [1.29, 1.82) is 0 Å². The summed E-state index contributed by atoms with van der Waals surface area (Å²) in [7, 11) is 2.97. The second-order valence-corrected chi connectivity index (χ2v) is 7.05. The van der Waals surface area contributed by atoms with Crippen LogP contribution in [0.4, 0.5) is 5.69 Å². The topological polar surface area (TPSA) is 115 Å². The fourth-order valence-corrected chi connectivity index (χ4v) is 2.78. The SMILES string of the molecule is COc1ccc(C(=O)Oc2ccc(/C=N\NC(=O)C(=O)Nc3ccc(C)cc3)cc2OC)cc1. The molecule has 0 saturated carbocycles. The first-order valence-corrected chi connectivity index (χ1v) is 10.1. The Kier molecular flexibility index (Phi) is 7.96. The zero-order valence-corrected chi connectivity index (χ0v) is 18.8. The molecule has 0 unspecified atom stereocenters.